The van der Waals surface area contributed by atoms with Gasteiger partial charge < -0.3 is 9.88 Å². The van der Waals surface area contributed by atoms with Crippen molar-refractivity contribution in [2.45, 2.75) is 26.3 Å². The van der Waals surface area contributed by atoms with Gasteiger partial charge in [-0.3, -0.25) is 9.78 Å². The van der Waals surface area contributed by atoms with Crippen LogP contribution in [0.1, 0.15) is 29.9 Å². The highest BCUT2D eigenvalue weighted by molar-refractivity contribution is 5.92. The number of rotatable bonds is 5. The van der Waals surface area contributed by atoms with E-state index in [1.165, 1.54) is 6.07 Å². The Hall–Kier alpha value is -3.02. The Morgan fingerprint density at radius 3 is 2.80 bits per heavy atom. The third kappa shape index (κ3) is 3.91. The molecule has 0 unspecified atom stereocenters. The first kappa shape index (κ1) is 16.8. The topological polar surface area (TPSA) is 59.8 Å². The molecule has 1 aromatic carbocycles. The fourth-order valence-electron chi connectivity index (χ4n) is 2.73. The van der Waals surface area contributed by atoms with Gasteiger partial charge in [0.2, 0.25) is 5.91 Å². The molecule has 5 nitrogen and oxygen atoms in total. The Morgan fingerprint density at radius 2 is 2.16 bits per heavy atom. The van der Waals surface area contributed by atoms with Gasteiger partial charge >= 0.3 is 0 Å². The number of imidazole rings is 1. The summed E-state index contributed by atoms with van der Waals surface area (Å²) in [6.07, 6.45) is 6.99. The first-order chi connectivity index (χ1) is 12.0. The largest absolute Gasteiger partial charge is 0.328 e. The molecule has 6 heteroatoms. The van der Waals surface area contributed by atoms with E-state index in [0.717, 1.165) is 17.0 Å². The number of aromatic nitrogens is 3. The number of amides is 1. The molecule has 0 spiro atoms. The Balaban J connectivity index is 1.72. The fourth-order valence-corrected chi connectivity index (χ4v) is 2.73. The summed E-state index contributed by atoms with van der Waals surface area (Å²) in [5.74, 6) is 0.126. The smallest absolute Gasteiger partial charge is 0.228 e. The summed E-state index contributed by atoms with van der Waals surface area (Å²) in [6, 6.07) is 8.38. The quantitative estimate of drug-likeness (QED) is 0.774. The molecule has 128 valence electrons. The van der Waals surface area contributed by atoms with E-state index < -0.39 is 5.82 Å². The van der Waals surface area contributed by atoms with E-state index in [1.54, 1.807) is 36.8 Å². The minimum absolute atomic E-state index is 0.0443. The molecule has 3 aromatic rings. The summed E-state index contributed by atoms with van der Waals surface area (Å²) in [6.45, 7) is 3.88. The molecule has 0 saturated heterocycles. The van der Waals surface area contributed by atoms with Crippen molar-refractivity contribution in [3.8, 4) is 0 Å². The van der Waals surface area contributed by atoms with Crippen molar-refractivity contribution in [3.63, 3.8) is 0 Å². The molecule has 1 atom stereocenters. The highest BCUT2D eigenvalue weighted by atomic mass is 19.1. The average Bonchev–Trinajstić information content (AvgIpc) is 3.03. The Labute approximate surface area is 145 Å². The van der Waals surface area contributed by atoms with E-state index in [-0.39, 0.29) is 24.1 Å². The zero-order chi connectivity index (χ0) is 17.8. The molecule has 1 amide bonds. The van der Waals surface area contributed by atoms with Gasteiger partial charge in [-0.25, -0.2) is 9.37 Å². The SMILES string of the molecule is Cc1nccn1[C@@H](C)c1ccc(NC(=O)Cc2cccnc2)c(F)c1. The van der Waals surface area contributed by atoms with Gasteiger partial charge in [-0.15, -0.1) is 0 Å². The predicted molar refractivity (Wildman–Crippen MR) is 93.7 cm³/mol. The molecule has 1 N–H and O–H groups in total. The van der Waals surface area contributed by atoms with Gasteiger partial charge in [0.05, 0.1) is 18.2 Å². The highest BCUT2D eigenvalue weighted by Crippen LogP contribution is 2.24. The lowest BCUT2D eigenvalue weighted by Gasteiger charge is -2.16. The number of hydrogen-bond donors (Lipinski definition) is 1. The Bertz CT molecular complexity index is 876. The second-order valence-corrected chi connectivity index (χ2v) is 5.88. The van der Waals surface area contributed by atoms with Crippen LogP contribution in [0, 0.1) is 12.7 Å². The van der Waals surface area contributed by atoms with Gasteiger partial charge in [-0.1, -0.05) is 12.1 Å². The maximum Gasteiger partial charge on any atom is 0.228 e. The fraction of sp³-hybridized carbons (Fsp3) is 0.211. The van der Waals surface area contributed by atoms with Gasteiger partial charge in [0.1, 0.15) is 11.6 Å². The van der Waals surface area contributed by atoms with Gasteiger partial charge in [0.15, 0.2) is 0 Å². The molecule has 0 fully saturated rings. The third-order valence-corrected chi connectivity index (χ3v) is 4.12. The molecule has 0 aliphatic carbocycles. The lowest BCUT2D eigenvalue weighted by atomic mass is 10.1. The first-order valence-electron chi connectivity index (χ1n) is 8.02. The van der Waals surface area contributed by atoms with Gasteiger partial charge in [0.25, 0.3) is 0 Å². The second-order valence-electron chi connectivity index (χ2n) is 5.88. The van der Waals surface area contributed by atoms with E-state index in [2.05, 4.69) is 15.3 Å². The van der Waals surface area contributed by atoms with Crippen molar-refractivity contribution < 1.29 is 9.18 Å². The monoisotopic (exact) mass is 338 g/mol. The van der Waals surface area contributed by atoms with Crippen LogP contribution in [0.2, 0.25) is 0 Å². The number of hydrogen-bond acceptors (Lipinski definition) is 3. The number of nitrogens with one attached hydrogen (secondary N) is 1. The van der Waals surface area contributed by atoms with Crippen LogP contribution in [0.3, 0.4) is 0 Å². The summed E-state index contributed by atoms with van der Waals surface area (Å²) in [5, 5.41) is 2.61. The summed E-state index contributed by atoms with van der Waals surface area (Å²) in [7, 11) is 0. The van der Waals surface area contributed by atoms with Crippen LogP contribution >= 0.6 is 0 Å². The minimum atomic E-state index is -0.457. The highest BCUT2D eigenvalue weighted by Gasteiger charge is 2.14. The minimum Gasteiger partial charge on any atom is -0.328 e. The summed E-state index contributed by atoms with van der Waals surface area (Å²) >= 11 is 0. The van der Waals surface area contributed by atoms with Crippen LogP contribution in [-0.4, -0.2) is 20.4 Å². The number of anilines is 1. The van der Waals surface area contributed by atoms with E-state index in [4.69, 9.17) is 0 Å². The molecule has 25 heavy (non-hydrogen) atoms. The number of benzene rings is 1. The van der Waals surface area contributed by atoms with Gasteiger partial charge in [-0.05, 0) is 43.2 Å². The summed E-state index contributed by atoms with van der Waals surface area (Å²) in [5.41, 5.74) is 1.76. The predicted octanol–water partition coefficient (Wildman–Crippen LogP) is 3.52. The molecular weight excluding hydrogens is 319 g/mol. The van der Waals surface area contributed by atoms with Gasteiger partial charge in [0, 0.05) is 24.8 Å². The first-order valence-corrected chi connectivity index (χ1v) is 8.02. The standard InChI is InChI=1S/C19H19FN4O/c1-13(24-9-8-22-14(24)2)16-5-6-18(17(20)11-16)23-19(25)10-15-4-3-7-21-12-15/h3-9,11-13H,10H2,1-2H3,(H,23,25)/t13-/m0/s1. The van der Waals surface area contributed by atoms with Crippen LogP contribution in [0.4, 0.5) is 10.1 Å². The second kappa shape index (κ2) is 7.25. The molecule has 0 aliphatic heterocycles. The number of nitrogens with zero attached hydrogens (tertiary/aromatic N) is 3. The third-order valence-electron chi connectivity index (χ3n) is 4.12. The van der Waals surface area contributed by atoms with E-state index in [1.807, 2.05) is 30.7 Å². The molecule has 3 rings (SSSR count). The molecule has 0 radical (unpaired) electrons. The van der Waals surface area contributed by atoms with Crippen molar-refractivity contribution in [2.75, 3.05) is 5.32 Å². The molecule has 2 heterocycles. The van der Waals surface area contributed by atoms with E-state index in [0.29, 0.717) is 0 Å². The van der Waals surface area contributed by atoms with Crippen molar-refractivity contribution in [1.29, 1.82) is 0 Å². The lowest BCUT2D eigenvalue weighted by molar-refractivity contribution is -0.115. The molecule has 0 aliphatic rings. The number of aryl methyl sites for hydroxylation is 1. The number of halogens is 1. The zero-order valence-corrected chi connectivity index (χ0v) is 14.1. The van der Waals surface area contributed by atoms with Crippen molar-refractivity contribution >= 4 is 11.6 Å². The van der Waals surface area contributed by atoms with Crippen molar-refractivity contribution in [1.82, 2.24) is 14.5 Å². The van der Waals surface area contributed by atoms with E-state index >= 15 is 0 Å². The maximum absolute atomic E-state index is 14.4. The number of pyridine rings is 1. The Morgan fingerprint density at radius 1 is 1.32 bits per heavy atom. The van der Waals surface area contributed by atoms with Crippen LogP contribution in [-0.2, 0) is 11.2 Å². The molecular formula is C19H19FN4O. The summed E-state index contributed by atoms with van der Waals surface area (Å²) < 4.78 is 16.4. The van der Waals surface area contributed by atoms with Crippen LogP contribution in [0.5, 0.6) is 0 Å². The molecule has 2 aromatic heterocycles. The zero-order valence-electron chi connectivity index (χ0n) is 14.1. The summed E-state index contributed by atoms with van der Waals surface area (Å²) in [4.78, 5) is 20.2. The Kier molecular flexibility index (Phi) is 4.88. The average molecular weight is 338 g/mol. The number of carbonyl (C=O) groups is 1. The van der Waals surface area contributed by atoms with Crippen LogP contribution in [0.15, 0.2) is 55.1 Å². The van der Waals surface area contributed by atoms with Crippen molar-refractivity contribution in [2.24, 2.45) is 0 Å². The van der Waals surface area contributed by atoms with Crippen LogP contribution < -0.4 is 5.32 Å². The molecule has 0 bridgehead atoms. The van der Waals surface area contributed by atoms with E-state index in [9.17, 15) is 9.18 Å². The maximum atomic E-state index is 14.4. The van der Waals surface area contributed by atoms with Crippen molar-refractivity contribution in [3.05, 3.63) is 77.9 Å². The lowest BCUT2D eigenvalue weighted by Crippen LogP contribution is -2.16. The molecule has 0 saturated carbocycles. The number of carbonyl (C=O) groups excluding carboxylic acids is 1. The normalized spacial score (nSPS) is 12.0. The van der Waals surface area contributed by atoms with Gasteiger partial charge in [-0.2, -0.15) is 0 Å². The van der Waals surface area contributed by atoms with Crippen LogP contribution in [0.25, 0.3) is 0 Å².